The number of rotatable bonds is 4. The Kier molecular flexibility index (Phi) is 3.66. The van der Waals surface area contributed by atoms with E-state index in [4.69, 9.17) is 4.74 Å². The number of hydrogen-bond donors (Lipinski definition) is 2. The van der Waals surface area contributed by atoms with Crippen LogP contribution >= 0.6 is 0 Å². The van der Waals surface area contributed by atoms with Gasteiger partial charge < -0.3 is 15.2 Å². The number of anilines is 1. The average Bonchev–Trinajstić information content (AvgIpc) is 3.10. The van der Waals surface area contributed by atoms with Crippen molar-refractivity contribution in [3.05, 3.63) is 78.3 Å². The zero-order chi connectivity index (χ0) is 17.2. The molecule has 0 bridgehead atoms. The Labute approximate surface area is 143 Å². The predicted molar refractivity (Wildman–Crippen MR) is 90.5 cm³/mol. The third-order valence-electron chi connectivity index (χ3n) is 3.82. The Morgan fingerprint density at radius 2 is 1.92 bits per heavy atom. The second kappa shape index (κ2) is 6.12. The van der Waals surface area contributed by atoms with Gasteiger partial charge in [-0.15, -0.1) is 0 Å². The van der Waals surface area contributed by atoms with Crippen molar-refractivity contribution in [3.63, 3.8) is 0 Å². The van der Waals surface area contributed by atoms with Crippen molar-refractivity contribution < 1.29 is 14.6 Å². The fraction of sp³-hybridized carbons (Fsp3) is 0.0556. The fourth-order valence-corrected chi connectivity index (χ4v) is 2.68. The summed E-state index contributed by atoms with van der Waals surface area (Å²) in [7, 11) is 0. The summed E-state index contributed by atoms with van der Waals surface area (Å²) in [4.78, 5) is 15.4. The van der Waals surface area contributed by atoms with Crippen LogP contribution in [0, 0.1) is 0 Å². The van der Waals surface area contributed by atoms with Crippen LogP contribution in [0.5, 0.6) is 11.5 Å². The zero-order valence-electron chi connectivity index (χ0n) is 13.0. The molecule has 7 heteroatoms. The summed E-state index contributed by atoms with van der Waals surface area (Å²) in [6.45, 7) is 0. The number of carbonyl (C=O) groups is 1. The second-order valence-corrected chi connectivity index (χ2v) is 5.47. The Morgan fingerprint density at radius 3 is 2.72 bits per heavy atom. The lowest BCUT2D eigenvalue weighted by molar-refractivity contribution is -0.132. The number of fused-ring (bicyclic) bond motifs is 1. The van der Waals surface area contributed by atoms with Gasteiger partial charge in [0.2, 0.25) is 5.95 Å². The first-order valence-corrected chi connectivity index (χ1v) is 7.65. The highest BCUT2D eigenvalue weighted by atomic mass is 16.5. The molecule has 2 aromatic carbocycles. The van der Waals surface area contributed by atoms with E-state index in [9.17, 15) is 9.90 Å². The Bertz CT molecular complexity index is 950. The monoisotopic (exact) mass is 334 g/mol. The normalized spacial score (nSPS) is 15.7. The smallest absolute Gasteiger partial charge is 0.352 e. The van der Waals surface area contributed by atoms with Crippen molar-refractivity contribution in [2.75, 3.05) is 5.32 Å². The second-order valence-electron chi connectivity index (χ2n) is 5.47. The molecule has 0 radical (unpaired) electrons. The lowest BCUT2D eigenvalue weighted by Gasteiger charge is -2.22. The van der Waals surface area contributed by atoms with E-state index in [1.54, 1.807) is 10.8 Å². The minimum atomic E-state index is -1.05. The minimum Gasteiger partial charge on any atom is -0.477 e. The van der Waals surface area contributed by atoms with Gasteiger partial charge in [-0.2, -0.15) is 10.1 Å². The molecule has 4 rings (SSSR count). The molecule has 124 valence electrons. The number of aromatic nitrogens is 3. The summed E-state index contributed by atoms with van der Waals surface area (Å²) < 4.78 is 7.49. The Morgan fingerprint density at radius 1 is 1.12 bits per heavy atom. The van der Waals surface area contributed by atoms with Gasteiger partial charge in [-0.1, -0.05) is 30.3 Å². The van der Waals surface area contributed by atoms with Crippen molar-refractivity contribution in [2.45, 2.75) is 6.04 Å². The molecule has 7 nitrogen and oxygen atoms in total. The molecular weight excluding hydrogens is 320 g/mol. The standard InChI is InChI=1S/C18H14N4O3/c23-17(24)15-10-16(22-18(21-15)19-11-20-22)12-5-4-8-14(9-12)25-13-6-2-1-3-7-13/h1-11,16H,(H,23,24)(H,19,20,21)/t16-/m0/s1. The maximum Gasteiger partial charge on any atom is 0.352 e. The molecule has 2 N–H and O–H groups in total. The number of nitrogens with zero attached hydrogens (tertiary/aromatic N) is 3. The van der Waals surface area contributed by atoms with Crippen LogP contribution in [-0.2, 0) is 4.79 Å². The van der Waals surface area contributed by atoms with E-state index in [0.717, 1.165) is 11.3 Å². The van der Waals surface area contributed by atoms with Crippen molar-refractivity contribution in [1.29, 1.82) is 0 Å². The van der Waals surface area contributed by atoms with Crippen molar-refractivity contribution >= 4 is 11.9 Å². The van der Waals surface area contributed by atoms with Gasteiger partial charge in [-0.25, -0.2) is 9.48 Å². The summed E-state index contributed by atoms with van der Waals surface area (Å²) in [5.74, 6) is 0.734. The first-order valence-electron chi connectivity index (χ1n) is 7.65. The van der Waals surface area contributed by atoms with E-state index in [0.29, 0.717) is 11.7 Å². The number of allylic oxidation sites excluding steroid dienone is 1. The van der Waals surface area contributed by atoms with Crippen LogP contribution in [0.15, 0.2) is 72.7 Å². The molecule has 0 saturated heterocycles. The molecule has 25 heavy (non-hydrogen) atoms. The third kappa shape index (κ3) is 2.94. The summed E-state index contributed by atoms with van der Waals surface area (Å²) in [6, 6.07) is 16.5. The Hall–Kier alpha value is -3.61. The topological polar surface area (TPSA) is 89.3 Å². The summed E-state index contributed by atoms with van der Waals surface area (Å²) in [5.41, 5.74) is 0.917. The molecule has 1 aromatic heterocycles. The lowest BCUT2D eigenvalue weighted by Crippen LogP contribution is -2.24. The number of carboxylic acid groups (broad SMARTS) is 1. The molecule has 1 aliphatic rings. The number of ether oxygens (including phenoxy) is 1. The molecule has 0 amide bonds. The zero-order valence-corrected chi connectivity index (χ0v) is 13.0. The molecule has 3 aromatic rings. The molecule has 0 aliphatic carbocycles. The average molecular weight is 334 g/mol. The maximum absolute atomic E-state index is 11.4. The van der Waals surface area contributed by atoms with E-state index >= 15 is 0 Å². The van der Waals surface area contributed by atoms with Gasteiger partial charge in [0.25, 0.3) is 0 Å². The van der Waals surface area contributed by atoms with Gasteiger partial charge in [0.15, 0.2) is 0 Å². The molecule has 1 atom stereocenters. The number of hydrogen-bond acceptors (Lipinski definition) is 5. The number of nitrogens with one attached hydrogen (secondary N) is 1. The largest absolute Gasteiger partial charge is 0.477 e. The molecule has 2 heterocycles. The molecule has 1 aliphatic heterocycles. The van der Waals surface area contributed by atoms with Gasteiger partial charge in [0, 0.05) is 0 Å². The van der Waals surface area contributed by atoms with Crippen LogP contribution in [0.2, 0.25) is 0 Å². The first kappa shape index (κ1) is 14.9. The Balaban J connectivity index is 1.70. The maximum atomic E-state index is 11.4. The number of benzene rings is 2. The van der Waals surface area contributed by atoms with Gasteiger partial charge in [0.05, 0.1) is 0 Å². The van der Waals surface area contributed by atoms with Crippen molar-refractivity contribution in [1.82, 2.24) is 14.8 Å². The van der Waals surface area contributed by atoms with E-state index in [2.05, 4.69) is 15.4 Å². The van der Waals surface area contributed by atoms with Crippen molar-refractivity contribution in [2.24, 2.45) is 0 Å². The molecular formula is C18H14N4O3. The molecule has 0 saturated carbocycles. The summed E-state index contributed by atoms with van der Waals surface area (Å²) >= 11 is 0. The van der Waals surface area contributed by atoms with E-state index in [1.165, 1.54) is 6.33 Å². The van der Waals surface area contributed by atoms with Gasteiger partial charge in [0.1, 0.15) is 29.6 Å². The van der Waals surface area contributed by atoms with Gasteiger partial charge in [-0.3, -0.25) is 0 Å². The van der Waals surface area contributed by atoms with Gasteiger partial charge >= 0.3 is 5.97 Å². The van der Waals surface area contributed by atoms with E-state index in [-0.39, 0.29) is 11.7 Å². The highest BCUT2D eigenvalue weighted by Gasteiger charge is 2.25. The predicted octanol–water partition coefficient (Wildman–Crippen LogP) is 3.05. The lowest BCUT2D eigenvalue weighted by atomic mass is 10.0. The molecule has 0 spiro atoms. The SMILES string of the molecule is O=C(O)C1=C[C@@H](c2cccc(Oc3ccccc3)c2)n2ncnc2N1. The third-order valence-corrected chi connectivity index (χ3v) is 3.82. The van der Waals surface area contributed by atoms with Crippen LogP contribution in [0.4, 0.5) is 5.95 Å². The van der Waals surface area contributed by atoms with Crippen LogP contribution in [0.1, 0.15) is 11.6 Å². The van der Waals surface area contributed by atoms with Crippen LogP contribution in [0.25, 0.3) is 0 Å². The van der Waals surface area contributed by atoms with Crippen LogP contribution < -0.4 is 10.1 Å². The number of para-hydroxylation sites is 1. The van der Waals surface area contributed by atoms with Crippen LogP contribution in [-0.4, -0.2) is 25.8 Å². The fourth-order valence-electron chi connectivity index (χ4n) is 2.68. The van der Waals surface area contributed by atoms with E-state index in [1.807, 2.05) is 54.6 Å². The van der Waals surface area contributed by atoms with Gasteiger partial charge in [-0.05, 0) is 35.9 Å². The number of aliphatic carboxylic acids is 1. The quantitative estimate of drug-likeness (QED) is 0.762. The van der Waals surface area contributed by atoms with E-state index < -0.39 is 5.97 Å². The highest BCUT2D eigenvalue weighted by molar-refractivity contribution is 5.90. The minimum absolute atomic E-state index is 0.0693. The highest BCUT2D eigenvalue weighted by Crippen LogP contribution is 2.31. The first-order chi connectivity index (χ1) is 12.2. The summed E-state index contributed by atoms with van der Waals surface area (Å²) in [5, 5.41) is 16.2. The number of carboxylic acids is 1. The molecule has 0 unspecified atom stereocenters. The summed E-state index contributed by atoms with van der Waals surface area (Å²) in [6.07, 6.45) is 2.99. The van der Waals surface area contributed by atoms with Crippen LogP contribution in [0.3, 0.4) is 0 Å². The van der Waals surface area contributed by atoms with Crippen molar-refractivity contribution in [3.8, 4) is 11.5 Å². The molecule has 0 fully saturated rings.